The normalized spacial score (nSPS) is 36.8. The van der Waals surface area contributed by atoms with Gasteiger partial charge in [0.05, 0.1) is 0 Å². The lowest BCUT2D eigenvalue weighted by atomic mass is 10.2. The van der Waals surface area contributed by atoms with Crippen molar-refractivity contribution >= 4 is 11.6 Å². The minimum absolute atomic E-state index is 0.0638. The summed E-state index contributed by atoms with van der Waals surface area (Å²) in [7, 11) is 2.04. The van der Waals surface area contributed by atoms with Crippen molar-refractivity contribution in [2.24, 2.45) is 5.92 Å². The molecule has 2 unspecified atom stereocenters. The van der Waals surface area contributed by atoms with E-state index in [2.05, 4.69) is 9.80 Å². The van der Waals surface area contributed by atoms with Crippen LogP contribution in [-0.4, -0.2) is 60.9 Å². The quantitative estimate of drug-likeness (QED) is 0.688. The third kappa shape index (κ3) is 2.60. The topological polar surface area (TPSA) is 6.48 Å². The van der Waals surface area contributed by atoms with Crippen LogP contribution in [0.1, 0.15) is 6.42 Å². The average molecular weight is 239 g/mol. The van der Waals surface area contributed by atoms with Crippen LogP contribution in [0.3, 0.4) is 0 Å². The Morgan fingerprint density at radius 3 is 2.60 bits per heavy atom. The van der Waals surface area contributed by atoms with Gasteiger partial charge in [0, 0.05) is 50.4 Å². The first kappa shape index (κ1) is 11.6. The molecule has 0 aromatic rings. The van der Waals surface area contributed by atoms with Gasteiger partial charge in [0.1, 0.15) is 0 Å². The molecule has 0 amide bonds. The number of likely N-dealkylation sites (N-methyl/N-ethyl adjacent to an activating group) is 1. The van der Waals surface area contributed by atoms with E-state index in [-0.39, 0.29) is 12.5 Å². The molecule has 2 atom stereocenters. The lowest BCUT2D eigenvalue weighted by Crippen LogP contribution is -2.53. The molecule has 1 aliphatic heterocycles. The van der Waals surface area contributed by atoms with Gasteiger partial charge in [-0.05, 0) is 7.05 Å². The summed E-state index contributed by atoms with van der Waals surface area (Å²) in [6.07, 6.45) is 0.0638. The number of hydrogen-bond acceptors (Lipinski definition) is 2. The fourth-order valence-electron chi connectivity index (χ4n) is 2.19. The second-order valence-corrected chi connectivity index (χ2v) is 5.04. The first-order chi connectivity index (χ1) is 7.03. The van der Waals surface area contributed by atoms with E-state index in [1.807, 2.05) is 7.05 Å². The number of piperazine rings is 1. The first-order valence-corrected chi connectivity index (χ1v) is 5.93. The molecule has 2 nitrogen and oxygen atoms in total. The van der Waals surface area contributed by atoms with Gasteiger partial charge in [0.25, 0.3) is 5.92 Å². The van der Waals surface area contributed by atoms with Gasteiger partial charge in [0.15, 0.2) is 0 Å². The number of rotatable bonds is 3. The molecule has 2 fully saturated rings. The highest BCUT2D eigenvalue weighted by molar-refractivity contribution is 6.18. The zero-order chi connectivity index (χ0) is 11.1. The molecule has 1 heterocycles. The Morgan fingerprint density at radius 1 is 1.40 bits per heavy atom. The number of nitrogens with zero attached hydrogens (tertiary/aromatic N) is 2. The summed E-state index contributed by atoms with van der Waals surface area (Å²) in [5.74, 6) is -2.30. The fraction of sp³-hybridized carbons (Fsp3) is 1.00. The van der Waals surface area contributed by atoms with E-state index in [4.69, 9.17) is 11.6 Å². The zero-order valence-corrected chi connectivity index (χ0v) is 9.68. The largest absolute Gasteiger partial charge is 0.303 e. The molecule has 0 aromatic heterocycles. The molecule has 2 aliphatic rings. The van der Waals surface area contributed by atoms with Crippen LogP contribution in [0.2, 0.25) is 0 Å². The lowest BCUT2D eigenvalue weighted by Gasteiger charge is -2.39. The Balaban J connectivity index is 1.85. The molecule has 5 heteroatoms. The van der Waals surface area contributed by atoms with Crippen molar-refractivity contribution in [3.63, 3.8) is 0 Å². The van der Waals surface area contributed by atoms with Crippen LogP contribution < -0.4 is 0 Å². The van der Waals surface area contributed by atoms with Gasteiger partial charge in [-0.1, -0.05) is 0 Å². The van der Waals surface area contributed by atoms with Crippen molar-refractivity contribution in [1.29, 1.82) is 0 Å². The maximum absolute atomic E-state index is 12.8. The van der Waals surface area contributed by atoms with Crippen molar-refractivity contribution in [2.45, 2.75) is 18.4 Å². The molecule has 1 aliphatic carbocycles. The second-order valence-electron chi connectivity index (χ2n) is 4.73. The van der Waals surface area contributed by atoms with E-state index in [0.717, 1.165) is 19.6 Å². The van der Waals surface area contributed by atoms with Crippen LogP contribution >= 0.6 is 11.6 Å². The Bertz CT molecular complexity index is 237. The van der Waals surface area contributed by atoms with Gasteiger partial charge < -0.3 is 4.90 Å². The molecule has 0 radical (unpaired) electrons. The molecule has 88 valence electrons. The van der Waals surface area contributed by atoms with Crippen LogP contribution in [0, 0.1) is 5.92 Å². The molecular weight excluding hydrogens is 222 g/mol. The molecule has 0 aromatic carbocycles. The van der Waals surface area contributed by atoms with E-state index in [9.17, 15) is 8.78 Å². The molecule has 0 N–H and O–H groups in total. The maximum Gasteiger partial charge on any atom is 0.252 e. The summed E-state index contributed by atoms with van der Waals surface area (Å²) < 4.78 is 25.6. The fourth-order valence-corrected chi connectivity index (χ4v) is 2.48. The zero-order valence-electron chi connectivity index (χ0n) is 8.93. The van der Waals surface area contributed by atoms with Gasteiger partial charge in [-0.3, -0.25) is 4.90 Å². The molecule has 0 bridgehead atoms. The summed E-state index contributed by atoms with van der Waals surface area (Å²) in [6.45, 7) is 3.21. The second kappa shape index (κ2) is 4.15. The van der Waals surface area contributed by atoms with Crippen molar-refractivity contribution < 1.29 is 8.78 Å². The van der Waals surface area contributed by atoms with Crippen LogP contribution in [0.4, 0.5) is 8.78 Å². The Labute approximate surface area is 94.2 Å². The van der Waals surface area contributed by atoms with Crippen LogP contribution in [0.15, 0.2) is 0 Å². The minimum Gasteiger partial charge on any atom is -0.303 e. The van der Waals surface area contributed by atoms with Crippen LogP contribution in [0.25, 0.3) is 0 Å². The van der Waals surface area contributed by atoms with Gasteiger partial charge in [-0.2, -0.15) is 0 Å². The van der Waals surface area contributed by atoms with Gasteiger partial charge in [0.2, 0.25) is 0 Å². The van der Waals surface area contributed by atoms with E-state index in [1.54, 1.807) is 0 Å². The summed E-state index contributed by atoms with van der Waals surface area (Å²) in [5.41, 5.74) is 0. The number of halogens is 3. The molecule has 1 saturated heterocycles. The molecular formula is C10H17ClF2N2. The number of alkyl halides is 3. The molecule has 15 heavy (non-hydrogen) atoms. The van der Waals surface area contributed by atoms with E-state index >= 15 is 0 Å². The summed E-state index contributed by atoms with van der Waals surface area (Å²) in [4.78, 5) is 4.33. The number of hydrogen-bond donors (Lipinski definition) is 0. The Hall–Kier alpha value is 0.0700. The predicted octanol–water partition coefficient (Wildman–Crippen LogP) is 1.50. The van der Waals surface area contributed by atoms with E-state index < -0.39 is 11.8 Å². The van der Waals surface area contributed by atoms with Gasteiger partial charge in [-0.25, -0.2) is 8.78 Å². The average Bonchev–Trinajstić information content (AvgIpc) is 2.77. The van der Waals surface area contributed by atoms with Crippen molar-refractivity contribution in [1.82, 2.24) is 9.80 Å². The van der Waals surface area contributed by atoms with Crippen molar-refractivity contribution in [2.75, 3.05) is 39.1 Å². The SMILES string of the molecule is CN1CCN(CC2CC2(F)F)C(CCl)C1. The smallest absolute Gasteiger partial charge is 0.252 e. The van der Waals surface area contributed by atoms with E-state index in [1.165, 1.54) is 0 Å². The molecule has 2 rings (SSSR count). The standard InChI is InChI=1S/C10H17ClF2N2/c1-14-2-3-15(9(5-11)7-14)6-8-4-10(8,12)13/h8-9H,2-7H2,1H3. The molecule has 0 spiro atoms. The highest BCUT2D eigenvalue weighted by atomic mass is 35.5. The van der Waals surface area contributed by atoms with Gasteiger partial charge >= 0.3 is 0 Å². The van der Waals surface area contributed by atoms with Crippen molar-refractivity contribution in [3.8, 4) is 0 Å². The third-order valence-electron chi connectivity index (χ3n) is 3.40. The minimum atomic E-state index is -2.40. The van der Waals surface area contributed by atoms with Gasteiger partial charge in [-0.15, -0.1) is 11.6 Å². The first-order valence-electron chi connectivity index (χ1n) is 5.39. The monoisotopic (exact) mass is 238 g/mol. The highest BCUT2D eigenvalue weighted by Gasteiger charge is 2.57. The Kier molecular flexibility index (Phi) is 3.20. The summed E-state index contributed by atoms with van der Waals surface area (Å²) in [6, 6.07) is 0.238. The highest BCUT2D eigenvalue weighted by Crippen LogP contribution is 2.49. The summed E-state index contributed by atoms with van der Waals surface area (Å²) in [5, 5.41) is 0. The predicted molar refractivity (Wildman–Crippen MR) is 56.6 cm³/mol. The van der Waals surface area contributed by atoms with E-state index in [0.29, 0.717) is 12.4 Å². The Morgan fingerprint density at radius 2 is 2.07 bits per heavy atom. The van der Waals surface area contributed by atoms with Crippen LogP contribution in [-0.2, 0) is 0 Å². The maximum atomic E-state index is 12.8. The molecule has 1 saturated carbocycles. The summed E-state index contributed by atoms with van der Waals surface area (Å²) >= 11 is 5.86. The lowest BCUT2D eigenvalue weighted by molar-refractivity contribution is 0.0593. The van der Waals surface area contributed by atoms with Crippen LogP contribution in [0.5, 0.6) is 0 Å². The van der Waals surface area contributed by atoms with Crippen molar-refractivity contribution in [3.05, 3.63) is 0 Å². The third-order valence-corrected chi connectivity index (χ3v) is 3.75.